The lowest BCUT2D eigenvalue weighted by molar-refractivity contribution is -0.141. The van der Waals surface area contributed by atoms with Gasteiger partial charge in [0.25, 0.3) is 0 Å². The zero-order valence-electron chi connectivity index (χ0n) is 12.0. The Kier molecular flexibility index (Phi) is 5.37. The number of rotatable bonds is 6. The maximum atomic E-state index is 12.2. The molecule has 1 aliphatic rings. The summed E-state index contributed by atoms with van der Waals surface area (Å²) in [6.07, 6.45) is -0.0152. The normalized spacial score (nSPS) is 15.7. The molecule has 2 unspecified atom stereocenters. The quantitative estimate of drug-likeness (QED) is 0.791. The Labute approximate surface area is 130 Å². The van der Waals surface area contributed by atoms with Crippen molar-refractivity contribution >= 4 is 22.7 Å². The first-order valence-electron chi connectivity index (χ1n) is 6.77. The van der Waals surface area contributed by atoms with E-state index in [2.05, 4.69) is 5.32 Å². The monoisotopic (exact) mass is 327 g/mol. The van der Waals surface area contributed by atoms with Gasteiger partial charge < -0.3 is 19.9 Å². The minimum atomic E-state index is -1.37. The van der Waals surface area contributed by atoms with Gasteiger partial charge in [-0.3, -0.25) is 13.8 Å². The highest BCUT2D eigenvalue weighted by Crippen LogP contribution is 2.31. The average molecular weight is 327 g/mol. The van der Waals surface area contributed by atoms with E-state index < -0.39 is 28.7 Å². The van der Waals surface area contributed by atoms with Crippen LogP contribution in [0.3, 0.4) is 0 Å². The van der Waals surface area contributed by atoms with Crippen molar-refractivity contribution in [2.24, 2.45) is 0 Å². The Balaban J connectivity index is 1.90. The first-order chi connectivity index (χ1) is 10.5. The lowest BCUT2D eigenvalue weighted by atomic mass is 10.3. The molecule has 1 aromatic carbocycles. The van der Waals surface area contributed by atoms with E-state index in [0.29, 0.717) is 29.6 Å². The van der Waals surface area contributed by atoms with E-state index in [1.165, 1.54) is 6.92 Å². The number of nitrogens with one attached hydrogen (secondary N) is 1. The predicted octanol–water partition coefficient (Wildman–Crippen LogP) is 0.545. The molecule has 1 aliphatic heterocycles. The van der Waals surface area contributed by atoms with Crippen molar-refractivity contribution in [3.05, 3.63) is 18.2 Å². The molecule has 0 bridgehead atoms. The van der Waals surface area contributed by atoms with Crippen LogP contribution in [-0.4, -0.2) is 46.2 Å². The lowest BCUT2D eigenvalue weighted by Crippen LogP contribution is -2.38. The number of benzene rings is 1. The largest absolute Gasteiger partial charge is 0.486 e. The van der Waals surface area contributed by atoms with Crippen LogP contribution in [0, 0.1) is 0 Å². The fourth-order valence-electron chi connectivity index (χ4n) is 1.84. The zero-order chi connectivity index (χ0) is 16.1. The van der Waals surface area contributed by atoms with Crippen LogP contribution in [0.5, 0.6) is 11.5 Å². The maximum absolute atomic E-state index is 12.2. The SMILES string of the molecule is CC(NC(=O)CCS(=O)c1ccc2c(c1)OCCO2)C(=O)O. The minimum Gasteiger partial charge on any atom is -0.486 e. The van der Waals surface area contributed by atoms with Gasteiger partial charge >= 0.3 is 5.97 Å². The van der Waals surface area contributed by atoms with E-state index in [1.807, 2.05) is 0 Å². The van der Waals surface area contributed by atoms with Crippen LogP contribution in [0.4, 0.5) is 0 Å². The third-order valence-electron chi connectivity index (χ3n) is 3.04. The standard InChI is InChI=1S/C14H17NO6S/c1-9(14(17)18)15-13(16)4-7-22(19)10-2-3-11-12(8-10)21-6-5-20-11/h2-3,8-9H,4-7H2,1H3,(H,15,16)(H,17,18). The Hall–Kier alpha value is -2.09. The Morgan fingerprint density at radius 1 is 1.32 bits per heavy atom. The number of aliphatic carboxylic acids is 1. The van der Waals surface area contributed by atoms with E-state index in [-0.39, 0.29) is 12.2 Å². The molecule has 0 saturated heterocycles. The molecule has 0 saturated carbocycles. The molecule has 1 aromatic rings. The number of carboxylic acid groups (broad SMARTS) is 1. The van der Waals surface area contributed by atoms with E-state index >= 15 is 0 Å². The fraction of sp³-hybridized carbons (Fsp3) is 0.429. The van der Waals surface area contributed by atoms with Gasteiger partial charge in [0.15, 0.2) is 11.5 Å². The summed E-state index contributed by atoms with van der Waals surface area (Å²) in [6.45, 7) is 2.30. The molecule has 1 amide bonds. The number of fused-ring (bicyclic) bond motifs is 1. The average Bonchev–Trinajstić information content (AvgIpc) is 2.52. The van der Waals surface area contributed by atoms with Gasteiger partial charge in [-0.1, -0.05) is 0 Å². The van der Waals surface area contributed by atoms with Gasteiger partial charge in [-0.25, -0.2) is 0 Å². The van der Waals surface area contributed by atoms with Gasteiger partial charge in [0.1, 0.15) is 19.3 Å². The molecule has 0 radical (unpaired) electrons. The summed E-state index contributed by atoms with van der Waals surface area (Å²) in [4.78, 5) is 22.7. The number of hydrogen-bond donors (Lipinski definition) is 2. The molecule has 22 heavy (non-hydrogen) atoms. The number of carbonyl (C=O) groups is 2. The molecule has 7 nitrogen and oxygen atoms in total. The molecule has 0 aromatic heterocycles. The highest BCUT2D eigenvalue weighted by Gasteiger charge is 2.17. The number of ether oxygens (including phenoxy) is 2. The van der Waals surface area contributed by atoms with Crippen LogP contribution < -0.4 is 14.8 Å². The maximum Gasteiger partial charge on any atom is 0.325 e. The first-order valence-corrected chi connectivity index (χ1v) is 8.09. The summed E-state index contributed by atoms with van der Waals surface area (Å²) in [7, 11) is -1.37. The summed E-state index contributed by atoms with van der Waals surface area (Å²) >= 11 is 0. The number of hydrogen-bond acceptors (Lipinski definition) is 5. The molecule has 8 heteroatoms. The van der Waals surface area contributed by atoms with Gasteiger partial charge in [0.2, 0.25) is 5.91 Å². The van der Waals surface area contributed by atoms with Crippen molar-refractivity contribution in [3.8, 4) is 11.5 Å². The molecule has 0 spiro atoms. The van der Waals surface area contributed by atoms with Gasteiger partial charge in [0.05, 0.1) is 10.8 Å². The molecule has 2 N–H and O–H groups in total. The third kappa shape index (κ3) is 4.20. The van der Waals surface area contributed by atoms with Crippen molar-refractivity contribution in [2.75, 3.05) is 19.0 Å². The number of amides is 1. The summed E-state index contributed by atoms with van der Waals surface area (Å²) in [6, 6.07) is 4.04. The first kappa shape index (κ1) is 16.3. The minimum absolute atomic E-state index is 0.0152. The van der Waals surface area contributed by atoms with Crippen molar-refractivity contribution in [1.29, 1.82) is 0 Å². The van der Waals surface area contributed by atoms with Gasteiger partial charge in [-0.2, -0.15) is 0 Å². The highest BCUT2D eigenvalue weighted by molar-refractivity contribution is 7.85. The number of carboxylic acids is 1. The smallest absolute Gasteiger partial charge is 0.325 e. The second kappa shape index (κ2) is 7.26. The van der Waals surface area contributed by atoms with E-state index in [9.17, 15) is 13.8 Å². The molecule has 120 valence electrons. The van der Waals surface area contributed by atoms with Crippen molar-refractivity contribution < 1.29 is 28.4 Å². The highest BCUT2D eigenvalue weighted by atomic mass is 32.2. The molecular weight excluding hydrogens is 310 g/mol. The Morgan fingerprint density at radius 3 is 2.68 bits per heavy atom. The molecule has 0 fully saturated rings. The third-order valence-corrected chi connectivity index (χ3v) is 4.39. The second-order valence-electron chi connectivity index (χ2n) is 4.73. The molecule has 2 atom stereocenters. The zero-order valence-corrected chi connectivity index (χ0v) is 12.9. The fourth-order valence-corrected chi connectivity index (χ4v) is 2.91. The van der Waals surface area contributed by atoms with Crippen LogP contribution in [-0.2, 0) is 20.4 Å². The van der Waals surface area contributed by atoms with E-state index in [4.69, 9.17) is 14.6 Å². The number of carbonyl (C=O) groups excluding carboxylic acids is 1. The Bertz CT molecular complexity index is 603. The molecule has 1 heterocycles. The van der Waals surface area contributed by atoms with Crippen molar-refractivity contribution in [2.45, 2.75) is 24.3 Å². The lowest BCUT2D eigenvalue weighted by Gasteiger charge is -2.18. The van der Waals surface area contributed by atoms with Crippen LogP contribution in [0.25, 0.3) is 0 Å². The Morgan fingerprint density at radius 2 is 2.00 bits per heavy atom. The van der Waals surface area contributed by atoms with Crippen molar-refractivity contribution in [3.63, 3.8) is 0 Å². The second-order valence-corrected chi connectivity index (χ2v) is 6.30. The van der Waals surface area contributed by atoms with Crippen LogP contribution in [0.15, 0.2) is 23.1 Å². The summed E-state index contributed by atoms with van der Waals surface area (Å²) in [5.74, 6) is -0.291. The molecular formula is C14H17NO6S. The summed E-state index contributed by atoms with van der Waals surface area (Å²) in [5, 5.41) is 11.0. The van der Waals surface area contributed by atoms with Crippen molar-refractivity contribution in [1.82, 2.24) is 5.32 Å². The van der Waals surface area contributed by atoms with Crippen LogP contribution in [0.2, 0.25) is 0 Å². The van der Waals surface area contributed by atoms with E-state index in [0.717, 1.165) is 0 Å². The van der Waals surface area contributed by atoms with Gasteiger partial charge in [-0.05, 0) is 19.1 Å². The molecule has 0 aliphatic carbocycles. The van der Waals surface area contributed by atoms with Gasteiger partial charge in [-0.15, -0.1) is 0 Å². The van der Waals surface area contributed by atoms with Gasteiger partial charge in [0, 0.05) is 23.1 Å². The topological polar surface area (TPSA) is 102 Å². The molecule has 2 rings (SSSR count). The predicted molar refractivity (Wildman–Crippen MR) is 78.6 cm³/mol. The van der Waals surface area contributed by atoms with Crippen LogP contribution >= 0.6 is 0 Å². The van der Waals surface area contributed by atoms with Crippen LogP contribution in [0.1, 0.15) is 13.3 Å². The summed E-state index contributed by atoms with van der Waals surface area (Å²) in [5.41, 5.74) is 0. The van der Waals surface area contributed by atoms with E-state index in [1.54, 1.807) is 18.2 Å². The summed E-state index contributed by atoms with van der Waals surface area (Å²) < 4.78 is 23.0.